The van der Waals surface area contributed by atoms with Crippen LogP contribution in [0.4, 0.5) is 17.1 Å². The Morgan fingerprint density at radius 3 is 2.26 bits per heavy atom. The van der Waals surface area contributed by atoms with Gasteiger partial charge in [0.05, 0.1) is 27.9 Å². The molecule has 3 aromatic carbocycles. The molecule has 0 saturated carbocycles. The van der Waals surface area contributed by atoms with Crippen LogP contribution < -0.4 is 15.5 Å². The van der Waals surface area contributed by atoms with Crippen LogP contribution in [0.3, 0.4) is 0 Å². The van der Waals surface area contributed by atoms with Crippen molar-refractivity contribution in [3.8, 4) is 0 Å². The Bertz CT molecular complexity index is 1510. The molecule has 0 atom stereocenters. The number of esters is 1. The molecule has 0 aromatic heterocycles. The number of halogens is 3. The lowest BCUT2D eigenvalue weighted by molar-refractivity contribution is -0.120. The van der Waals surface area contributed by atoms with Crippen molar-refractivity contribution in [2.24, 2.45) is 0 Å². The second-order valence-electron chi connectivity index (χ2n) is 8.46. The minimum Gasteiger partial charge on any atom is -0.462 e. The van der Waals surface area contributed by atoms with E-state index in [-0.39, 0.29) is 32.0 Å². The van der Waals surface area contributed by atoms with E-state index in [0.29, 0.717) is 23.5 Å². The first kappa shape index (κ1) is 28.2. The van der Waals surface area contributed by atoms with Gasteiger partial charge >= 0.3 is 5.97 Å². The number of rotatable bonds is 9. The third kappa shape index (κ3) is 6.42. The predicted octanol–water partition coefficient (Wildman–Crippen LogP) is 6.64. The van der Waals surface area contributed by atoms with Crippen LogP contribution in [0, 0.1) is 0 Å². The Morgan fingerprint density at radius 2 is 1.54 bits per heavy atom. The molecule has 11 heteroatoms. The maximum atomic E-state index is 13.1. The van der Waals surface area contributed by atoms with Crippen LogP contribution >= 0.6 is 34.8 Å². The van der Waals surface area contributed by atoms with Crippen molar-refractivity contribution in [1.29, 1.82) is 0 Å². The fourth-order valence-corrected chi connectivity index (χ4v) is 4.18. The number of nitrogens with one attached hydrogen (secondary N) is 2. The van der Waals surface area contributed by atoms with E-state index >= 15 is 0 Å². The lowest BCUT2D eigenvalue weighted by atomic mass is 10.1. The smallest absolute Gasteiger partial charge is 0.338 e. The molecule has 2 N–H and O–H groups in total. The summed E-state index contributed by atoms with van der Waals surface area (Å²) in [4.78, 5) is 51.8. The van der Waals surface area contributed by atoms with Gasteiger partial charge in [0, 0.05) is 16.9 Å². The van der Waals surface area contributed by atoms with Crippen molar-refractivity contribution in [2.75, 3.05) is 22.1 Å². The van der Waals surface area contributed by atoms with E-state index in [1.165, 1.54) is 30.3 Å². The number of anilines is 3. The summed E-state index contributed by atoms with van der Waals surface area (Å²) in [7, 11) is 0. The van der Waals surface area contributed by atoms with Gasteiger partial charge in [-0.3, -0.25) is 14.4 Å². The van der Waals surface area contributed by atoms with Gasteiger partial charge < -0.3 is 15.4 Å². The van der Waals surface area contributed by atoms with E-state index in [1.54, 1.807) is 36.4 Å². The van der Waals surface area contributed by atoms with Gasteiger partial charge in [-0.25, -0.2) is 9.69 Å². The minimum atomic E-state index is -0.732. The number of imide groups is 1. The maximum Gasteiger partial charge on any atom is 0.338 e. The highest BCUT2D eigenvalue weighted by Gasteiger charge is 2.39. The molecule has 0 radical (unpaired) electrons. The van der Waals surface area contributed by atoms with Crippen LogP contribution in [-0.2, 0) is 14.3 Å². The standard InChI is InChI=1S/C28H22Cl3N3O5/c1-2-3-12-39-28(38)17-7-5-9-19(14-17)33-25(35)16-6-4-8-18(13-16)32-24-23(31)26(36)34(27(24)37)20-10-11-21(29)22(30)15-20/h4-11,13-15,32H,2-3,12H2,1H3,(H,33,35). The molecule has 39 heavy (non-hydrogen) atoms. The zero-order chi connectivity index (χ0) is 28.1. The predicted molar refractivity (Wildman–Crippen MR) is 151 cm³/mol. The third-order valence-corrected chi connectivity index (χ3v) is 6.76. The van der Waals surface area contributed by atoms with Crippen molar-refractivity contribution in [3.63, 3.8) is 0 Å². The molecule has 4 rings (SSSR count). The molecule has 0 aliphatic carbocycles. The van der Waals surface area contributed by atoms with E-state index in [1.807, 2.05) is 6.92 Å². The van der Waals surface area contributed by atoms with Crippen molar-refractivity contribution < 1.29 is 23.9 Å². The van der Waals surface area contributed by atoms with Crippen LogP contribution in [0.5, 0.6) is 0 Å². The number of unbranched alkanes of at least 4 members (excludes halogenated alkanes) is 1. The van der Waals surface area contributed by atoms with E-state index in [4.69, 9.17) is 39.5 Å². The SMILES string of the molecule is CCCCOC(=O)c1cccc(NC(=O)c2cccc(NC3=C(Cl)C(=O)N(c4ccc(Cl)c(Cl)c4)C3=O)c2)c1. The fourth-order valence-electron chi connectivity index (χ4n) is 3.67. The summed E-state index contributed by atoms with van der Waals surface area (Å²) >= 11 is 18.2. The van der Waals surface area contributed by atoms with Gasteiger partial charge in [0.15, 0.2) is 0 Å². The number of carbonyl (C=O) groups excluding carboxylic acids is 4. The topological polar surface area (TPSA) is 105 Å². The van der Waals surface area contributed by atoms with Crippen LogP contribution in [0.2, 0.25) is 10.0 Å². The zero-order valence-corrected chi connectivity index (χ0v) is 22.9. The minimum absolute atomic E-state index is 0.153. The van der Waals surface area contributed by atoms with E-state index in [2.05, 4.69) is 10.6 Å². The van der Waals surface area contributed by atoms with Gasteiger partial charge in [-0.15, -0.1) is 0 Å². The molecule has 3 amide bonds. The van der Waals surface area contributed by atoms with Gasteiger partial charge in [0.1, 0.15) is 10.7 Å². The van der Waals surface area contributed by atoms with Gasteiger partial charge in [-0.05, 0) is 61.0 Å². The highest BCUT2D eigenvalue weighted by Crippen LogP contribution is 2.33. The summed E-state index contributed by atoms with van der Waals surface area (Å²) in [5.41, 5.74) is 1.38. The normalized spacial score (nSPS) is 13.1. The molecule has 0 bridgehead atoms. The van der Waals surface area contributed by atoms with E-state index < -0.39 is 23.7 Å². The first-order valence-electron chi connectivity index (χ1n) is 11.9. The Kier molecular flexibility index (Phi) is 8.91. The van der Waals surface area contributed by atoms with Crippen molar-refractivity contribution in [2.45, 2.75) is 19.8 Å². The molecule has 200 valence electrons. The number of hydrogen-bond acceptors (Lipinski definition) is 6. The number of ether oxygens (including phenoxy) is 1. The highest BCUT2D eigenvalue weighted by molar-refractivity contribution is 6.53. The summed E-state index contributed by atoms with van der Waals surface area (Å²) in [6.07, 6.45) is 1.67. The Hall–Kier alpha value is -3.85. The lowest BCUT2D eigenvalue weighted by Gasteiger charge is -2.16. The largest absolute Gasteiger partial charge is 0.462 e. The van der Waals surface area contributed by atoms with Crippen LogP contribution in [0.25, 0.3) is 0 Å². The molecular formula is C28H22Cl3N3O5. The van der Waals surface area contributed by atoms with Crippen molar-refractivity contribution >= 4 is 75.6 Å². The molecule has 8 nitrogen and oxygen atoms in total. The molecule has 1 heterocycles. The molecule has 0 fully saturated rings. The highest BCUT2D eigenvalue weighted by atomic mass is 35.5. The average Bonchev–Trinajstić information content (AvgIpc) is 3.13. The molecule has 3 aromatic rings. The number of amides is 3. The van der Waals surface area contributed by atoms with Crippen molar-refractivity contribution in [3.05, 3.63) is 98.6 Å². The molecule has 0 saturated heterocycles. The molecular weight excluding hydrogens is 565 g/mol. The van der Waals surface area contributed by atoms with E-state index in [9.17, 15) is 19.2 Å². The summed E-state index contributed by atoms with van der Waals surface area (Å²) in [5, 5.41) is 5.70. The molecule has 0 unspecified atom stereocenters. The first-order valence-corrected chi connectivity index (χ1v) is 13.0. The van der Waals surface area contributed by atoms with Gasteiger partial charge in [0.25, 0.3) is 17.7 Å². The third-order valence-electron chi connectivity index (χ3n) is 5.67. The van der Waals surface area contributed by atoms with Gasteiger partial charge in [-0.2, -0.15) is 0 Å². The molecule has 0 spiro atoms. The van der Waals surface area contributed by atoms with Crippen LogP contribution in [0.1, 0.15) is 40.5 Å². The molecule has 1 aliphatic heterocycles. The van der Waals surface area contributed by atoms with Crippen LogP contribution in [0.15, 0.2) is 77.5 Å². The monoisotopic (exact) mass is 585 g/mol. The second kappa shape index (κ2) is 12.3. The molecule has 1 aliphatic rings. The Balaban J connectivity index is 1.47. The Morgan fingerprint density at radius 1 is 0.846 bits per heavy atom. The quantitative estimate of drug-likeness (QED) is 0.165. The van der Waals surface area contributed by atoms with E-state index in [0.717, 1.165) is 17.7 Å². The summed E-state index contributed by atoms with van der Waals surface area (Å²) in [6.45, 7) is 2.32. The zero-order valence-electron chi connectivity index (χ0n) is 20.6. The number of nitrogens with zero attached hydrogens (tertiary/aromatic N) is 1. The van der Waals surface area contributed by atoms with Gasteiger partial charge in [-0.1, -0.05) is 60.3 Å². The summed E-state index contributed by atoms with van der Waals surface area (Å²) < 4.78 is 5.22. The maximum absolute atomic E-state index is 13.1. The van der Waals surface area contributed by atoms with Gasteiger partial charge in [0.2, 0.25) is 0 Å². The second-order valence-corrected chi connectivity index (χ2v) is 9.66. The number of hydrogen-bond donors (Lipinski definition) is 2. The average molecular weight is 587 g/mol. The summed E-state index contributed by atoms with van der Waals surface area (Å²) in [5.74, 6) is -2.35. The van der Waals surface area contributed by atoms with Crippen LogP contribution in [-0.4, -0.2) is 30.3 Å². The fraction of sp³-hybridized carbons (Fsp3) is 0.143. The summed E-state index contributed by atoms with van der Waals surface area (Å²) in [6, 6.07) is 17.0. The number of carbonyl (C=O) groups is 4. The number of benzene rings is 3. The Labute approximate surface area is 239 Å². The first-order chi connectivity index (χ1) is 18.7. The van der Waals surface area contributed by atoms with Crippen molar-refractivity contribution in [1.82, 2.24) is 0 Å². The lowest BCUT2D eigenvalue weighted by Crippen LogP contribution is -2.32.